The molecule has 1 rings (SSSR count). The summed E-state index contributed by atoms with van der Waals surface area (Å²) in [6.07, 6.45) is 16.9. The molecule has 4 nitrogen and oxygen atoms in total. The van der Waals surface area contributed by atoms with Crippen LogP contribution in [0.1, 0.15) is 70.1 Å². The van der Waals surface area contributed by atoms with Gasteiger partial charge >= 0.3 is 0 Å². The lowest BCUT2D eigenvalue weighted by molar-refractivity contribution is 0.410. The molecular formula is C30H48N4. The largest absolute Gasteiger partial charge is 0.374 e. The first-order chi connectivity index (χ1) is 16.4. The number of allylic oxidation sites excluding steroid dienone is 4. The molecule has 0 saturated heterocycles. The zero-order chi connectivity index (χ0) is 25.3. The van der Waals surface area contributed by atoms with Gasteiger partial charge in [-0.05, 0) is 93.9 Å². The maximum atomic E-state index is 4.60. The fourth-order valence-electron chi connectivity index (χ4n) is 3.91. The molecule has 34 heavy (non-hydrogen) atoms. The van der Waals surface area contributed by atoms with Crippen molar-refractivity contribution >= 4 is 11.5 Å². The van der Waals surface area contributed by atoms with Crippen LogP contribution in [-0.4, -0.2) is 37.9 Å². The average Bonchev–Trinajstić information content (AvgIpc) is 2.84. The van der Waals surface area contributed by atoms with Crippen LogP contribution in [0.5, 0.6) is 0 Å². The van der Waals surface area contributed by atoms with Gasteiger partial charge in [0.1, 0.15) is 5.84 Å². The predicted octanol–water partition coefficient (Wildman–Crippen LogP) is 7.19. The zero-order valence-corrected chi connectivity index (χ0v) is 22.8. The van der Waals surface area contributed by atoms with Crippen LogP contribution in [0, 0.1) is 6.92 Å². The first-order valence-corrected chi connectivity index (χ1v) is 12.9. The van der Waals surface area contributed by atoms with E-state index in [1.165, 1.54) is 35.1 Å². The molecule has 0 aliphatic rings. The van der Waals surface area contributed by atoms with E-state index in [9.17, 15) is 0 Å². The lowest BCUT2D eigenvalue weighted by atomic mass is 9.99. The molecule has 0 fully saturated rings. The molecule has 1 aromatic carbocycles. The van der Waals surface area contributed by atoms with E-state index in [0.717, 1.165) is 56.0 Å². The number of benzene rings is 1. The first-order valence-electron chi connectivity index (χ1n) is 12.9. The maximum absolute atomic E-state index is 4.60. The van der Waals surface area contributed by atoms with Gasteiger partial charge in [-0.15, -0.1) is 0 Å². The van der Waals surface area contributed by atoms with Gasteiger partial charge in [0.15, 0.2) is 0 Å². The Balaban J connectivity index is 3.34. The molecule has 0 radical (unpaired) electrons. The SMILES string of the molecule is C=CN=C(/C=C(/C=C(\C=C/C)CC)N(C)CCCCCNC)Nc1cc(CC)cc(CC)c1C. The number of nitrogens with one attached hydrogen (secondary N) is 2. The van der Waals surface area contributed by atoms with Gasteiger partial charge in [0.2, 0.25) is 0 Å². The molecule has 0 spiro atoms. The van der Waals surface area contributed by atoms with E-state index in [1.807, 2.05) is 7.05 Å². The number of nitrogens with zero attached hydrogens (tertiary/aromatic N) is 2. The Kier molecular flexibility index (Phi) is 14.7. The highest BCUT2D eigenvalue weighted by Gasteiger charge is 2.10. The topological polar surface area (TPSA) is 39.7 Å². The molecule has 1 aromatic rings. The number of aryl methyl sites for hydroxylation is 2. The van der Waals surface area contributed by atoms with Crippen molar-refractivity contribution in [2.75, 3.05) is 32.5 Å². The highest BCUT2D eigenvalue weighted by molar-refractivity contribution is 6.05. The number of anilines is 1. The van der Waals surface area contributed by atoms with Crippen molar-refractivity contribution in [3.05, 3.63) is 77.2 Å². The summed E-state index contributed by atoms with van der Waals surface area (Å²) < 4.78 is 0. The van der Waals surface area contributed by atoms with Crippen LogP contribution >= 0.6 is 0 Å². The predicted molar refractivity (Wildman–Crippen MR) is 153 cm³/mol. The summed E-state index contributed by atoms with van der Waals surface area (Å²) in [6, 6.07) is 4.57. The number of rotatable bonds is 15. The molecule has 188 valence electrons. The van der Waals surface area contributed by atoms with Crippen molar-refractivity contribution in [3.8, 4) is 0 Å². The Morgan fingerprint density at radius 1 is 1.09 bits per heavy atom. The van der Waals surface area contributed by atoms with Crippen molar-refractivity contribution in [2.45, 2.75) is 73.1 Å². The smallest absolute Gasteiger partial charge is 0.132 e. The summed E-state index contributed by atoms with van der Waals surface area (Å²) in [5.41, 5.74) is 7.57. The minimum absolute atomic E-state index is 0.803. The molecular weight excluding hydrogens is 416 g/mol. The van der Waals surface area contributed by atoms with Gasteiger partial charge < -0.3 is 15.5 Å². The first kappa shape index (κ1) is 29.4. The van der Waals surface area contributed by atoms with Crippen LogP contribution in [-0.2, 0) is 12.8 Å². The van der Waals surface area contributed by atoms with Gasteiger partial charge in [0.25, 0.3) is 0 Å². The second kappa shape index (κ2) is 16.9. The molecule has 0 amide bonds. The van der Waals surface area contributed by atoms with E-state index in [-0.39, 0.29) is 0 Å². The second-order valence-electron chi connectivity index (χ2n) is 8.68. The highest BCUT2D eigenvalue weighted by atomic mass is 15.1. The molecule has 0 unspecified atom stereocenters. The van der Waals surface area contributed by atoms with Crippen LogP contribution in [0.4, 0.5) is 5.69 Å². The molecule has 2 N–H and O–H groups in total. The van der Waals surface area contributed by atoms with E-state index < -0.39 is 0 Å². The van der Waals surface area contributed by atoms with Crippen LogP contribution in [0.25, 0.3) is 0 Å². The van der Waals surface area contributed by atoms with Crippen molar-refractivity contribution in [1.82, 2.24) is 10.2 Å². The van der Waals surface area contributed by atoms with E-state index in [1.54, 1.807) is 6.20 Å². The third-order valence-corrected chi connectivity index (χ3v) is 6.13. The summed E-state index contributed by atoms with van der Waals surface area (Å²) in [4.78, 5) is 6.94. The summed E-state index contributed by atoms with van der Waals surface area (Å²) in [5, 5.41) is 6.85. The number of hydrogen-bond acceptors (Lipinski definition) is 3. The number of hydrogen-bond donors (Lipinski definition) is 2. The number of aliphatic imine (C=N–C) groups is 1. The minimum atomic E-state index is 0.803. The quantitative estimate of drug-likeness (QED) is 0.125. The van der Waals surface area contributed by atoms with Crippen molar-refractivity contribution in [1.29, 1.82) is 0 Å². The zero-order valence-electron chi connectivity index (χ0n) is 22.8. The van der Waals surface area contributed by atoms with Crippen molar-refractivity contribution in [2.24, 2.45) is 4.99 Å². The van der Waals surface area contributed by atoms with E-state index in [0.29, 0.717) is 0 Å². The van der Waals surface area contributed by atoms with E-state index in [2.05, 4.69) is 105 Å². The summed E-state index contributed by atoms with van der Waals surface area (Å²) >= 11 is 0. The number of likely N-dealkylation sites (N-methyl/N-ethyl adjacent to an activating group) is 1. The molecule has 0 aliphatic heterocycles. The van der Waals surface area contributed by atoms with Gasteiger partial charge in [0.05, 0.1) is 0 Å². The maximum Gasteiger partial charge on any atom is 0.132 e. The summed E-state index contributed by atoms with van der Waals surface area (Å²) in [7, 11) is 4.19. The highest BCUT2D eigenvalue weighted by Crippen LogP contribution is 2.24. The van der Waals surface area contributed by atoms with Crippen LogP contribution < -0.4 is 10.6 Å². The Morgan fingerprint density at radius 3 is 2.44 bits per heavy atom. The summed E-state index contributed by atoms with van der Waals surface area (Å²) in [6.45, 7) is 16.8. The Bertz CT molecular complexity index is 874. The van der Waals surface area contributed by atoms with E-state index >= 15 is 0 Å². The number of amidine groups is 1. The Labute approximate surface area is 209 Å². The van der Waals surface area contributed by atoms with E-state index in [4.69, 9.17) is 0 Å². The lowest BCUT2D eigenvalue weighted by Gasteiger charge is -2.22. The van der Waals surface area contributed by atoms with Gasteiger partial charge in [-0.3, -0.25) is 0 Å². The molecule has 4 heteroatoms. The molecule has 0 aliphatic carbocycles. The van der Waals surface area contributed by atoms with Gasteiger partial charge in [-0.2, -0.15) is 0 Å². The second-order valence-corrected chi connectivity index (χ2v) is 8.68. The molecule has 0 saturated carbocycles. The lowest BCUT2D eigenvalue weighted by Crippen LogP contribution is -2.21. The van der Waals surface area contributed by atoms with Crippen molar-refractivity contribution < 1.29 is 0 Å². The molecule has 0 bridgehead atoms. The fraction of sp³-hybridized carbons (Fsp3) is 0.500. The summed E-state index contributed by atoms with van der Waals surface area (Å²) in [5.74, 6) is 0.803. The minimum Gasteiger partial charge on any atom is -0.374 e. The van der Waals surface area contributed by atoms with Crippen LogP contribution in [0.15, 0.2) is 65.5 Å². The van der Waals surface area contributed by atoms with Gasteiger partial charge in [-0.25, -0.2) is 4.99 Å². The molecule has 0 heterocycles. The average molecular weight is 465 g/mol. The third kappa shape index (κ3) is 10.1. The fourth-order valence-corrected chi connectivity index (χ4v) is 3.91. The Hall–Kier alpha value is -2.59. The number of unbranched alkanes of at least 4 members (excludes halogenated alkanes) is 2. The van der Waals surface area contributed by atoms with Gasteiger partial charge in [0, 0.05) is 37.3 Å². The standard InChI is InChI=1S/C30H48N4/c1-9-17-25(10-2)21-28(34(8)19-16-14-15-18-31-7)23-30(32-13-5)33-29-22-26(11-3)20-27(12-4)24(29)6/h9,13,17,20-23,31H,5,10-12,14-16,18-19H2,1-4,6-8H3,(H,32,33)/b17-9-,25-21-,28-23-. The molecule has 0 aromatic heterocycles. The van der Waals surface area contributed by atoms with Gasteiger partial charge in [-0.1, -0.05) is 52.0 Å². The monoisotopic (exact) mass is 464 g/mol. The Morgan fingerprint density at radius 2 is 1.85 bits per heavy atom. The van der Waals surface area contributed by atoms with Crippen LogP contribution in [0.3, 0.4) is 0 Å². The van der Waals surface area contributed by atoms with Crippen LogP contribution in [0.2, 0.25) is 0 Å². The molecule has 0 atom stereocenters. The third-order valence-electron chi connectivity index (χ3n) is 6.13. The van der Waals surface area contributed by atoms with Crippen molar-refractivity contribution in [3.63, 3.8) is 0 Å². The normalized spacial score (nSPS) is 13.0.